The molecular formula is C27H39N7O. The molecule has 1 atom stereocenters. The number of nitrogens with one attached hydrogen (secondary N) is 1. The van der Waals surface area contributed by atoms with Crippen LogP contribution in [-0.4, -0.2) is 63.0 Å². The number of hydrogen-bond donors (Lipinski definition) is 1. The van der Waals surface area contributed by atoms with E-state index in [0.717, 1.165) is 50.4 Å². The molecule has 4 aliphatic rings. The third kappa shape index (κ3) is 4.69. The van der Waals surface area contributed by atoms with Gasteiger partial charge in [-0.25, -0.2) is 15.0 Å². The molecular weight excluding hydrogens is 438 g/mol. The molecule has 6 rings (SSSR count). The molecule has 1 unspecified atom stereocenters. The molecule has 0 aromatic carbocycles. The first-order valence-electron chi connectivity index (χ1n) is 13.8. The van der Waals surface area contributed by atoms with Gasteiger partial charge in [-0.1, -0.05) is 19.8 Å². The maximum absolute atomic E-state index is 12.0. The number of anilines is 2. The van der Waals surface area contributed by atoms with E-state index in [2.05, 4.69) is 42.8 Å². The first-order valence-corrected chi connectivity index (χ1v) is 13.8. The van der Waals surface area contributed by atoms with Crippen molar-refractivity contribution in [3.8, 4) is 0 Å². The summed E-state index contributed by atoms with van der Waals surface area (Å²) in [7, 11) is 0. The van der Waals surface area contributed by atoms with Crippen LogP contribution in [0.4, 0.5) is 11.6 Å². The Hall–Kier alpha value is -2.48. The number of imidazole rings is 1. The highest BCUT2D eigenvalue weighted by molar-refractivity contribution is 5.94. The fourth-order valence-electron chi connectivity index (χ4n) is 6.73. The highest BCUT2D eigenvalue weighted by Gasteiger charge is 2.32. The van der Waals surface area contributed by atoms with Crippen LogP contribution in [0.5, 0.6) is 0 Å². The molecule has 2 aromatic heterocycles. The van der Waals surface area contributed by atoms with Crippen molar-refractivity contribution in [1.29, 1.82) is 0 Å². The van der Waals surface area contributed by atoms with E-state index in [1.807, 2.05) is 0 Å². The van der Waals surface area contributed by atoms with Gasteiger partial charge < -0.3 is 19.7 Å². The van der Waals surface area contributed by atoms with E-state index in [-0.39, 0.29) is 11.8 Å². The zero-order valence-corrected chi connectivity index (χ0v) is 21.1. The zero-order valence-electron chi connectivity index (χ0n) is 21.1. The average Bonchev–Trinajstić information content (AvgIpc) is 3.64. The molecule has 8 nitrogen and oxygen atoms in total. The van der Waals surface area contributed by atoms with Crippen LogP contribution >= 0.6 is 0 Å². The second-order valence-corrected chi connectivity index (χ2v) is 11.1. The molecule has 2 aromatic rings. The van der Waals surface area contributed by atoms with Crippen LogP contribution in [0.15, 0.2) is 12.5 Å². The maximum atomic E-state index is 12.0. The van der Waals surface area contributed by atoms with Gasteiger partial charge in [-0.05, 0) is 57.5 Å². The van der Waals surface area contributed by atoms with Gasteiger partial charge in [-0.3, -0.25) is 4.79 Å². The Kier molecular flexibility index (Phi) is 6.48. The highest BCUT2D eigenvalue weighted by Crippen LogP contribution is 2.39. The Morgan fingerprint density at radius 3 is 2.49 bits per heavy atom. The van der Waals surface area contributed by atoms with Crippen molar-refractivity contribution >= 4 is 17.5 Å². The molecule has 1 amide bonds. The van der Waals surface area contributed by atoms with Gasteiger partial charge in [-0.15, -0.1) is 0 Å². The van der Waals surface area contributed by atoms with E-state index in [1.165, 1.54) is 63.1 Å². The van der Waals surface area contributed by atoms with E-state index in [1.54, 1.807) is 6.33 Å². The molecule has 0 radical (unpaired) electrons. The van der Waals surface area contributed by atoms with Crippen molar-refractivity contribution in [3.05, 3.63) is 29.6 Å². The van der Waals surface area contributed by atoms with E-state index in [9.17, 15) is 4.79 Å². The molecule has 1 saturated carbocycles. The summed E-state index contributed by atoms with van der Waals surface area (Å²) < 4.78 is 2.51. The molecule has 1 N–H and O–H groups in total. The van der Waals surface area contributed by atoms with Gasteiger partial charge in [-0.2, -0.15) is 0 Å². The molecule has 5 heterocycles. The fourth-order valence-corrected chi connectivity index (χ4v) is 6.73. The lowest BCUT2D eigenvalue weighted by Crippen LogP contribution is -2.36. The van der Waals surface area contributed by atoms with Crippen molar-refractivity contribution in [2.24, 2.45) is 0 Å². The first kappa shape index (κ1) is 23.0. The van der Waals surface area contributed by atoms with Crippen molar-refractivity contribution in [3.63, 3.8) is 0 Å². The van der Waals surface area contributed by atoms with E-state index in [4.69, 9.17) is 4.98 Å². The number of aromatic nitrogens is 4. The zero-order chi connectivity index (χ0) is 23.8. The van der Waals surface area contributed by atoms with Crippen LogP contribution in [0.2, 0.25) is 0 Å². The molecule has 8 heteroatoms. The van der Waals surface area contributed by atoms with Crippen LogP contribution in [0.25, 0.3) is 0 Å². The number of carbonyl (C=O) groups is 1. The number of likely N-dealkylation sites (tertiary alicyclic amines) is 1. The second kappa shape index (κ2) is 9.88. The van der Waals surface area contributed by atoms with Gasteiger partial charge in [0.05, 0.1) is 5.69 Å². The summed E-state index contributed by atoms with van der Waals surface area (Å²) in [5, 5.41) is 2.94. The topological polar surface area (TPSA) is 79.2 Å². The SMILES string of the molecule is CC1CC(=O)Nc2ncnc(N3CCC(c4nc(C5CCCC5)cn4CCN4CCCC4)CC3)c21. The first-order chi connectivity index (χ1) is 17.2. The molecule has 2 saturated heterocycles. The average molecular weight is 478 g/mol. The van der Waals surface area contributed by atoms with Gasteiger partial charge in [0.15, 0.2) is 0 Å². The van der Waals surface area contributed by atoms with E-state index >= 15 is 0 Å². The number of carbonyl (C=O) groups excluding carboxylic acids is 1. The number of fused-ring (bicyclic) bond motifs is 1. The largest absolute Gasteiger partial charge is 0.356 e. The van der Waals surface area contributed by atoms with E-state index < -0.39 is 0 Å². The third-order valence-electron chi connectivity index (χ3n) is 8.72. The lowest BCUT2D eigenvalue weighted by molar-refractivity contribution is -0.116. The normalized spacial score (nSPS) is 24.2. The lowest BCUT2D eigenvalue weighted by atomic mass is 9.92. The molecule has 35 heavy (non-hydrogen) atoms. The quantitative estimate of drug-likeness (QED) is 0.670. The van der Waals surface area contributed by atoms with E-state index in [0.29, 0.717) is 24.1 Å². The van der Waals surface area contributed by atoms with Crippen molar-refractivity contribution < 1.29 is 4.79 Å². The number of amides is 1. The summed E-state index contributed by atoms with van der Waals surface area (Å²) >= 11 is 0. The smallest absolute Gasteiger partial charge is 0.226 e. The van der Waals surface area contributed by atoms with Gasteiger partial charge in [0.1, 0.15) is 23.8 Å². The minimum atomic E-state index is 0.0483. The highest BCUT2D eigenvalue weighted by atomic mass is 16.1. The Morgan fingerprint density at radius 1 is 0.943 bits per heavy atom. The van der Waals surface area contributed by atoms with Gasteiger partial charge in [0.2, 0.25) is 5.91 Å². The van der Waals surface area contributed by atoms with Gasteiger partial charge >= 0.3 is 0 Å². The fraction of sp³-hybridized carbons (Fsp3) is 0.704. The van der Waals surface area contributed by atoms with Crippen molar-refractivity contribution in [2.75, 3.05) is 42.9 Å². The van der Waals surface area contributed by atoms with Crippen LogP contribution in [0.1, 0.15) is 99.5 Å². The summed E-state index contributed by atoms with van der Waals surface area (Å²) in [6.45, 7) is 8.74. The minimum Gasteiger partial charge on any atom is -0.356 e. The number of nitrogens with zero attached hydrogens (tertiary/aromatic N) is 6. The van der Waals surface area contributed by atoms with Crippen molar-refractivity contribution in [1.82, 2.24) is 24.4 Å². The summed E-state index contributed by atoms with van der Waals surface area (Å²) in [4.78, 5) is 31.3. The molecule has 0 spiro atoms. The predicted octanol–water partition coefficient (Wildman–Crippen LogP) is 4.26. The van der Waals surface area contributed by atoms with Crippen LogP contribution in [-0.2, 0) is 11.3 Å². The summed E-state index contributed by atoms with van der Waals surface area (Å²) in [6.07, 6.45) is 14.7. The van der Waals surface area contributed by atoms with Gasteiger partial charge in [0.25, 0.3) is 0 Å². The van der Waals surface area contributed by atoms with Crippen LogP contribution in [0.3, 0.4) is 0 Å². The Morgan fingerprint density at radius 2 is 1.71 bits per heavy atom. The molecule has 1 aliphatic carbocycles. The maximum Gasteiger partial charge on any atom is 0.226 e. The molecule has 3 aliphatic heterocycles. The third-order valence-corrected chi connectivity index (χ3v) is 8.72. The summed E-state index contributed by atoms with van der Waals surface area (Å²) in [6, 6.07) is 0. The minimum absolute atomic E-state index is 0.0483. The van der Waals surface area contributed by atoms with Gasteiger partial charge in [0, 0.05) is 56.2 Å². The summed E-state index contributed by atoms with van der Waals surface area (Å²) in [5.74, 6) is 4.36. The van der Waals surface area contributed by atoms with Crippen molar-refractivity contribution in [2.45, 2.75) is 89.0 Å². The number of hydrogen-bond acceptors (Lipinski definition) is 6. The number of rotatable bonds is 6. The lowest BCUT2D eigenvalue weighted by Gasteiger charge is -2.35. The summed E-state index contributed by atoms with van der Waals surface area (Å²) in [5.41, 5.74) is 2.44. The molecule has 3 fully saturated rings. The number of piperidine rings is 1. The van der Waals surface area contributed by atoms with Crippen LogP contribution in [0, 0.1) is 0 Å². The molecule has 188 valence electrons. The van der Waals surface area contributed by atoms with Crippen LogP contribution < -0.4 is 10.2 Å². The predicted molar refractivity (Wildman–Crippen MR) is 137 cm³/mol. The standard InChI is InChI=1S/C27H39N7O/c1-19-16-23(35)31-25-24(19)27(29-18-28-25)33-12-8-21(9-13-33)26-30-22(20-6-2-3-7-20)17-34(26)15-14-32-10-4-5-11-32/h17-21H,2-16H2,1H3,(H,28,29,31,35). The Balaban J connectivity index is 1.18. The second-order valence-electron chi connectivity index (χ2n) is 11.1. The monoisotopic (exact) mass is 477 g/mol. The Labute approximate surface area is 208 Å². The Bertz CT molecular complexity index is 1050. The molecule has 0 bridgehead atoms.